The van der Waals surface area contributed by atoms with E-state index in [-0.39, 0.29) is 0 Å². The lowest BCUT2D eigenvalue weighted by atomic mass is 9.90. The summed E-state index contributed by atoms with van der Waals surface area (Å²) in [5, 5.41) is 5.62. The standard InChI is InChI=1S/C21H24N/c1-3-13-22(2)14-12-19-17(15-22)9-11-20-18-7-5-4-6-16(18)8-10-21(19)20/h4-11H,3,12-15H2,1-2H3/q+1. The highest BCUT2D eigenvalue weighted by atomic mass is 15.3. The summed E-state index contributed by atoms with van der Waals surface area (Å²) in [5.74, 6) is 0. The van der Waals surface area contributed by atoms with E-state index in [9.17, 15) is 0 Å². The molecule has 1 nitrogen and oxygen atoms in total. The second-order valence-electron chi connectivity index (χ2n) is 7.06. The van der Waals surface area contributed by atoms with Gasteiger partial charge in [-0.1, -0.05) is 55.5 Å². The minimum absolute atomic E-state index is 1.19. The van der Waals surface area contributed by atoms with Crippen molar-refractivity contribution in [1.82, 2.24) is 0 Å². The highest BCUT2D eigenvalue weighted by Gasteiger charge is 2.28. The Morgan fingerprint density at radius 1 is 0.909 bits per heavy atom. The third-order valence-electron chi connectivity index (χ3n) is 5.35. The van der Waals surface area contributed by atoms with Crippen molar-refractivity contribution >= 4 is 21.5 Å². The van der Waals surface area contributed by atoms with Crippen molar-refractivity contribution < 1.29 is 4.48 Å². The number of quaternary nitrogens is 1. The average molecular weight is 290 g/mol. The van der Waals surface area contributed by atoms with Crippen molar-refractivity contribution in [1.29, 1.82) is 0 Å². The molecule has 112 valence electrons. The molecule has 0 bridgehead atoms. The molecule has 0 saturated carbocycles. The zero-order valence-corrected chi connectivity index (χ0v) is 13.6. The van der Waals surface area contributed by atoms with E-state index in [4.69, 9.17) is 0 Å². The quantitative estimate of drug-likeness (QED) is 0.465. The Balaban J connectivity index is 1.89. The van der Waals surface area contributed by atoms with Crippen molar-refractivity contribution in [2.75, 3.05) is 20.1 Å². The van der Waals surface area contributed by atoms with Crippen LogP contribution >= 0.6 is 0 Å². The molecule has 0 saturated heterocycles. The molecule has 0 aromatic heterocycles. The van der Waals surface area contributed by atoms with Gasteiger partial charge in [0.25, 0.3) is 0 Å². The predicted molar refractivity (Wildman–Crippen MR) is 95.1 cm³/mol. The highest BCUT2D eigenvalue weighted by Crippen LogP contribution is 2.33. The smallest absolute Gasteiger partial charge is 0.104 e. The Hall–Kier alpha value is -1.86. The number of hydrogen-bond acceptors (Lipinski definition) is 0. The number of rotatable bonds is 2. The third-order valence-corrected chi connectivity index (χ3v) is 5.35. The van der Waals surface area contributed by atoms with Crippen LogP contribution < -0.4 is 0 Å². The Morgan fingerprint density at radius 2 is 1.73 bits per heavy atom. The number of nitrogens with zero attached hydrogens (tertiary/aromatic N) is 1. The van der Waals surface area contributed by atoms with Crippen molar-refractivity contribution in [2.45, 2.75) is 26.3 Å². The molecule has 0 spiro atoms. The molecule has 22 heavy (non-hydrogen) atoms. The molecule has 0 amide bonds. The van der Waals surface area contributed by atoms with Crippen molar-refractivity contribution in [3.8, 4) is 0 Å². The van der Waals surface area contributed by atoms with Crippen LogP contribution in [0.3, 0.4) is 0 Å². The minimum Gasteiger partial charge on any atom is -0.322 e. The van der Waals surface area contributed by atoms with Gasteiger partial charge in [-0.15, -0.1) is 0 Å². The van der Waals surface area contributed by atoms with E-state index in [0.717, 1.165) is 0 Å². The van der Waals surface area contributed by atoms with E-state index >= 15 is 0 Å². The van der Waals surface area contributed by atoms with E-state index in [1.807, 2.05) is 0 Å². The van der Waals surface area contributed by atoms with Gasteiger partial charge in [-0.2, -0.15) is 0 Å². The van der Waals surface area contributed by atoms with E-state index in [2.05, 4.69) is 62.5 Å². The Bertz CT molecular complexity index is 849. The molecule has 1 heteroatoms. The molecule has 3 aromatic rings. The largest absolute Gasteiger partial charge is 0.322 e. The molecule has 1 unspecified atom stereocenters. The summed E-state index contributed by atoms with van der Waals surface area (Å²) in [6.45, 7) is 6.04. The van der Waals surface area contributed by atoms with Gasteiger partial charge in [0.05, 0.1) is 20.1 Å². The maximum absolute atomic E-state index is 2.41. The highest BCUT2D eigenvalue weighted by molar-refractivity contribution is 6.08. The molecule has 4 rings (SSSR count). The van der Waals surface area contributed by atoms with Crippen LogP contribution in [0.15, 0.2) is 48.5 Å². The Morgan fingerprint density at radius 3 is 2.59 bits per heavy atom. The topological polar surface area (TPSA) is 0 Å². The molecule has 1 atom stereocenters. The number of likely N-dealkylation sites (N-methyl/N-ethyl adjacent to an activating group) is 1. The van der Waals surface area contributed by atoms with Crippen LogP contribution in [0.1, 0.15) is 24.5 Å². The first-order chi connectivity index (χ1) is 10.7. The molecule has 0 N–H and O–H groups in total. The number of benzene rings is 3. The van der Waals surface area contributed by atoms with Crippen LogP contribution in [0.25, 0.3) is 21.5 Å². The van der Waals surface area contributed by atoms with Gasteiger partial charge in [-0.05, 0) is 33.5 Å². The van der Waals surface area contributed by atoms with E-state index in [1.54, 1.807) is 11.1 Å². The van der Waals surface area contributed by atoms with Gasteiger partial charge in [0, 0.05) is 12.0 Å². The summed E-state index contributed by atoms with van der Waals surface area (Å²) in [6, 6.07) is 18.1. The summed E-state index contributed by atoms with van der Waals surface area (Å²) < 4.78 is 1.20. The minimum atomic E-state index is 1.19. The molecule has 0 radical (unpaired) electrons. The Labute approximate surface area is 132 Å². The van der Waals surface area contributed by atoms with Crippen LogP contribution in [0.4, 0.5) is 0 Å². The predicted octanol–water partition coefficient (Wildman–Crippen LogP) is 4.91. The van der Waals surface area contributed by atoms with Crippen LogP contribution in [0, 0.1) is 0 Å². The molecule has 0 fully saturated rings. The summed E-state index contributed by atoms with van der Waals surface area (Å²) in [6.07, 6.45) is 2.48. The SMILES string of the molecule is CCC[N+]1(C)CCc2c(ccc3c2ccc2ccccc23)C1. The monoisotopic (exact) mass is 290 g/mol. The third kappa shape index (κ3) is 2.12. The van der Waals surface area contributed by atoms with Crippen LogP contribution in [0.5, 0.6) is 0 Å². The van der Waals surface area contributed by atoms with Crippen molar-refractivity contribution in [2.24, 2.45) is 0 Å². The van der Waals surface area contributed by atoms with E-state index in [0.29, 0.717) is 0 Å². The summed E-state index contributed by atoms with van der Waals surface area (Å²) >= 11 is 0. The second kappa shape index (κ2) is 5.10. The fraction of sp³-hybridized carbons (Fsp3) is 0.333. The molecule has 1 aliphatic rings. The number of fused-ring (bicyclic) bond motifs is 5. The average Bonchev–Trinajstić information content (AvgIpc) is 2.54. The molecule has 1 heterocycles. The van der Waals surface area contributed by atoms with Crippen LogP contribution in [-0.2, 0) is 13.0 Å². The van der Waals surface area contributed by atoms with Gasteiger partial charge < -0.3 is 4.48 Å². The first kappa shape index (κ1) is 13.8. The van der Waals surface area contributed by atoms with Gasteiger partial charge in [-0.25, -0.2) is 0 Å². The van der Waals surface area contributed by atoms with Crippen LogP contribution in [-0.4, -0.2) is 24.6 Å². The molecular formula is C21H24N+. The maximum Gasteiger partial charge on any atom is 0.104 e. The number of hydrogen-bond donors (Lipinski definition) is 0. The van der Waals surface area contributed by atoms with Crippen LogP contribution in [0.2, 0.25) is 0 Å². The molecular weight excluding hydrogens is 266 g/mol. The zero-order valence-electron chi connectivity index (χ0n) is 13.6. The summed E-state index contributed by atoms with van der Waals surface area (Å²) in [7, 11) is 2.41. The van der Waals surface area contributed by atoms with Gasteiger partial charge in [0.1, 0.15) is 6.54 Å². The lowest BCUT2D eigenvalue weighted by molar-refractivity contribution is -0.924. The first-order valence-corrected chi connectivity index (χ1v) is 8.46. The fourth-order valence-corrected chi connectivity index (χ4v) is 4.24. The lowest BCUT2D eigenvalue weighted by Crippen LogP contribution is -2.48. The fourth-order valence-electron chi connectivity index (χ4n) is 4.24. The molecule has 1 aliphatic heterocycles. The van der Waals surface area contributed by atoms with Gasteiger partial charge in [0.15, 0.2) is 0 Å². The lowest BCUT2D eigenvalue weighted by Gasteiger charge is -2.39. The van der Waals surface area contributed by atoms with Gasteiger partial charge in [0.2, 0.25) is 0 Å². The van der Waals surface area contributed by atoms with E-state index < -0.39 is 0 Å². The second-order valence-corrected chi connectivity index (χ2v) is 7.06. The normalized spacial score (nSPS) is 21.2. The maximum atomic E-state index is 2.41. The first-order valence-electron chi connectivity index (χ1n) is 8.46. The van der Waals surface area contributed by atoms with Gasteiger partial charge in [-0.3, -0.25) is 0 Å². The van der Waals surface area contributed by atoms with Crippen molar-refractivity contribution in [3.05, 3.63) is 59.7 Å². The molecule has 3 aromatic carbocycles. The van der Waals surface area contributed by atoms with Crippen molar-refractivity contribution in [3.63, 3.8) is 0 Å². The summed E-state index contributed by atoms with van der Waals surface area (Å²) in [5.41, 5.74) is 3.15. The summed E-state index contributed by atoms with van der Waals surface area (Å²) in [4.78, 5) is 0. The Kier molecular flexibility index (Phi) is 3.19. The molecule has 0 aliphatic carbocycles. The van der Waals surface area contributed by atoms with E-state index in [1.165, 1.54) is 58.5 Å². The van der Waals surface area contributed by atoms with Gasteiger partial charge >= 0.3 is 0 Å². The zero-order chi connectivity index (χ0) is 15.2.